The van der Waals surface area contributed by atoms with Crippen LogP contribution in [0.15, 0.2) is 24.3 Å². The number of alkyl halides is 3. The molecule has 1 saturated heterocycles. The highest BCUT2D eigenvalue weighted by atomic mass is 19.4. The standard InChI is InChI=1S/C17H21F3N2O4/c1-26-10-16(25)22-7-6-13(14(23)9-22)21-15(24)8-11-4-2-3-5-12(11)17(18,19)20/h2-5,13-14,23H,6-10H2,1H3,(H,21,24)/t13-,14-/m1/s1. The number of carbonyl (C=O) groups is 2. The molecule has 26 heavy (non-hydrogen) atoms. The summed E-state index contributed by atoms with van der Waals surface area (Å²) >= 11 is 0. The molecule has 1 aliphatic heterocycles. The molecular weight excluding hydrogens is 353 g/mol. The van der Waals surface area contributed by atoms with E-state index in [1.807, 2.05) is 0 Å². The average molecular weight is 374 g/mol. The molecule has 0 aliphatic carbocycles. The Kier molecular flexibility index (Phi) is 6.60. The van der Waals surface area contributed by atoms with E-state index in [9.17, 15) is 27.9 Å². The van der Waals surface area contributed by atoms with Crippen molar-refractivity contribution in [3.8, 4) is 0 Å². The van der Waals surface area contributed by atoms with Crippen molar-refractivity contribution in [1.82, 2.24) is 10.2 Å². The van der Waals surface area contributed by atoms with Crippen molar-refractivity contribution >= 4 is 11.8 Å². The SMILES string of the molecule is COCC(=O)N1CC[C@@H](NC(=O)Cc2ccccc2C(F)(F)F)[C@H](O)C1. The minimum absolute atomic E-state index is 0.0340. The molecule has 1 heterocycles. The Morgan fingerprint density at radius 2 is 2.04 bits per heavy atom. The number of likely N-dealkylation sites (tertiary alicyclic amines) is 1. The smallest absolute Gasteiger partial charge is 0.389 e. The fourth-order valence-electron chi connectivity index (χ4n) is 2.92. The lowest BCUT2D eigenvalue weighted by Crippen LogP contribution is -2.56. The lowest BCUT2D eigenvalue weighted by atomic mass is 10.00. The van der Waals surface area contributed by atoms with E-state index < -0.39 is 36.2 Å². The van der Waals surface area contributed by atoms with E-state index in [0.717, 1.165) is 6.07 Å². The number of benzene rings is 1. The number of hydrogen-bond donors (Lipinski definition) is 2. The Hall–Kier alpha value is -2.13. The second-order valence-corrected chi connectivity index (χ2v) is 6.13. The van der Waals surface area contributed by atoms with Gasteiger partial charge in [-0.2, -0.15) is 13.2 Å². The van der Waals surface area contributed by atoms with Crippen LogP contribution in [0, 0.1) is 0 Å². The third kappa shape index (κ3) is 5.18. The van der Waals surface area contributed by atoms with Crippen LogP contribution in [0.3, 0.4) is 0 Å². The maximum absolute atomic E-state index is 13.0. The van der Waals surface area contributed by atoms with E-state index >= 15 is 0 Å². The first-order chi connectivity index (χ1) is 12.2. The third-order valence-corrected chi connectivity index (χ3v) is 4.22. The molecule has 2 N–H and O–H groups in total. The summed E-state index contributed by atoms with van der Waals surface area (Å²) in [5, 5.41) is 12.7. The first kappa shape index (κ1) is 20.2. The summed E-state index contributed by atoms with van der Waals surface area (Å²) in [7, 11) is 1.39. The van der Waals surface area contributed by atoms with Gasteiger partial charge in [-0.3, -0.25) is 9.59 Å². The fourth-order valence-corrected chi connectivity index (χ4v) is 2.92. The number of ether oxygens (including phenoxy) is 1. The fraction of sp³-hybridized carbons (Fsp3) is 0.529. The van der Waals surface area contributed by atoms with Crippen molar-refractivity contribution in [2.75, 3.05) is 26.8 Å². The molecule has 2 atom stereocenters. The third-order valence-electron chi connectivity index (χ3n) is 4.22. The van der Waals surface area contributed by atoms with Gasteiger partial charge in [-0.15, -0.1) is 0 Å². The van der Waals surface area contributed by atoms with Gasteiger partial charge >= 0.3 is 6.18 Å². The zero-order valence-corrected chi connectivity index (χ0v) is 14.3. The highest BCUT2D eigenvalue weighted by Crippen LogP contribution is 2.32. The molecule has 144 valence electrons. The number of nitrogens with one attached hydrogen (secondary N) is 1. The lowest BCUT2D eigenvalue weighted by molar-refractivity contribution is -0.139. The van der Waals surface area contributed by atoms with Gasteiger partial charge < -0.3 is 20.1 Å². The van der Waals surface area contributed by atoms with Gasteiger partial charge in [0.25, 0.3) is 0 Å². The van der Waals surface area contributed by atoms with E-state index in [0.29, 0.717) is 13.0 Å². The maximum atomic E-state index is 13.0. The number of amides is 2. The molecule has 0 bridgehead atoms. The number of rotatable bonds is 5. The molecule has 2 rings (SSSR count). The van der Waals surface area contributed by atoms with Gasteiger partial charge in [0.2, 0.25) is 11.8 Å². The largest absolute Gasteiger partial charge is 0.416 e. The number of methoxy groups -OCH3 is 1. The second-order valence-electron chi connectivity index (χ2n) is 6.13. The zero-order chi connectivity index (χ0) is 19.3. The molecule has 0 unspecified atom stereocenters. The van der Waals surface area contributed by atoms with Crippen molar-refractivity contribution in [2.45, 2.75) is 31.2 Å². The van der Waals surface area contributed by atoms with Gasteiger partial charge in [0.15, 0.2) is 0 Å². The number of hydrogen-bond acceptors (Lipinski definition) is 4. The minimum Gasteiger partial charge on any atom is -0.389 e. The van der Waals surface area contributed by atoms with Gasteiger partial charge in [0.05, 0.1) is 24.1 Å². The van der Waals surface area contributed by atoms with Crippen molar-refractivity contribution in [3.05, 3.63) is 35.4 Å². The Balaban J connectivity index is 1.94. The molecule has 9 heteroatoms. The highest BCUT2D eigenvalue weighted by Gasteiger charge is 2.34. The summed E-state index contributed by atoms with van der Waals surface area (Å²) in [5.74, 6) is -0.877. The molecule has 0 spiro atoms. The van der Waals surface area contributed by atoms with E-state index in [2.05, 4.69) is 5.32 Å². The van der Waals surface area contributed by atoms with Crippen molar-refractivity contribution in [3.63, 3.8) is 0 Å². The maximum Gasteiger partial charge on any atom is 0.416 e. The summed E-state index contributed by atoms with van der Waals surface area (Å²) in [6.07, 6.45) is -5.66. The lowest BCUT2D eigenvalue weighted by Gasteiger charge is -2.36. The van der Waals surface area contributed by atoms with E-state index in [4.69, 9.17) is 4.74 Å². The molecule has 1 fully saturated rings. The molecule has 0 radical (unpaired) electrons. The first-order valence-electron chi connectivity index (χ1n) is 8.11. The van der Waals surface area contributed by atoms with Crippen LogP contribution >= 0.6 is 0 Å². The van der Waals surface area contributed by atoms with Gasteiger partial charge in [0.1, 0.15) is 6.61 Å². The number of aliphatic hydroxyl groups excluding tert-OH is 1. The van der Waals surface area contributed by atoms with Gasteiger partial charge in [-0.05, 0) is 18.1 Å². The van der Waals surface area contributed by atoms with E-state index in [1.165, 1.54) is 30.2 Å². The summed E-state index contributed by atoms with van der Waals surface area (Å²) in [4.78, 5) is 25.3. The quantitative estimate of drug-likeness (QED) is 0.805. The summed E-state index contributed by atoms with van der Waals surface area (Å²) in [5.41, 5.74) is -0.977. The van der Waals surface area contributed by atoms with Crippen LogP contribution in [-0.4, -0.2) is 60.8 Å². The molecule has 0 saturated carbocycles. The van der Waals surface area contributed by atoms with Crippen LogP contribution in [0.25, 0.3) is 0 Å². The number of aliphatic hydroxyl groups is 1. The minimum atomic E-state index is -4.54. The molecular formula is C17H21F3N2O4. The molecule has 1 aromatic rings. The summed E-state index contributed by atoms with van der Waals surface area (Å²) < 4.78 is 43.7. The van der Waals surface area contributed by atoms with Gasteiger partial charge in [-0.1, -0.05) is 18.2 Å². The molecule has 2 amide bonds. The Labute approximate surface area is 148 Å². The molecule has 1 aliphatic rings. The van der Waals surface area contributed by atoms with Crippen LogP contribution in [-0.2, 0) is 26.9 Å². The van der Waals surface area contributed by atoms with Crippen LogP contribution in [0.5, 0.6) is 0 Å². The first-order valence-corrected chi connectivity index (χ1v) is 8.11. The number of nitrogens with zero attached hydrogens (tertiary/aromatic N) is 1. The second kappa shape index (κ2) is 8.50. The zero-order valence-electron chi connectivity index (χ0n) is 14.3. The van der Waals surface area contributed by atoms with Gasteiger partial charge in [0, 0.05) is 20.2 Å². The monoisotopic (exact) mass is 374 g/mol. The van der Waals surface area contributed by atoms with Crippen molar-refractivity contribution < 1.29 is 32.6 Å². The number of carbonyl (C=O) groups excluding carboxylic acids is 2. The summed E-state index contributed by atoms with van der Waals surface area (Å²) in [6.45, 7) is 0.258. The Morgan fingerprint density at radius 3 is 2.65 bits per heavy atom. The Bertz CT molecular complexity index is 651. The molecule has 6 nitrogen and oxygen atoms in total. The topological polar surface area (TPSA) is 78.9 Å². The Morgan fingerprint density at radius 1 is 1.35 bits per heavy atom. The van der Waals surface area contributed by atoms with Crippen molar-refractivity contribution in [2.24, 2.45) is 0 Å². The predicted molar refractivity (Wildman–Crippen MR) is 86.2 cm³/mol. The number of β-amino-alcohol motifs (C(OH)–C–C–N with tert-alkyl or cyclic N) is 1. The normalized spacial score (nSPS) is 20.7. The number of halogens is 3. The number of piperidine rings is 1. The summed E-state index contributed by atoms with van der Waals surface area (Å²) in [6, 6.07) is 4.27. The highest BCUT2D eigenvalue weighted by molar-refractivity contribution is 5.80. The van der Waals surface area contributed by atoms with Crippen LogP contribution in [0.1, 0.15) is 17.5 Å². The van der Waals surface area contributed by atoms with E-state index in [1.54, 1.807) is 0 Å². The molecule has 1 aromatic carbocycles. The van der Waals surface area contributed by atoms with Crippen molar-refractivity contribution in [1.29, 1.82) is 0 Å². The molecule has 0 aromatic heterocycles. The van der Waals surface area contributed by atoms with Crippen LogP contribution in [0.2, 0.25) is 0 Å². The van der Waals surface area contributed by atoms with Crippen LogP contribution in [0.4, 0.5) is 13.2 Å². The van der Waals surface area contributed by atoms with Gasteiger partial charge in [-0.25, -0.2) is 0 Å². The van der Waals surface area contributed by atoms with Crippen LogP contribution < -0.4 is 5.32 Å². The van der Waals surface area contributed by atoms with E-state index in [-0.39, 0.29) is 24.6 Å². The average Bonchev–Trinajstić information content (AvgIpc) is 2.56. The predicted octanol–water partition coefficient (Wildman–Crippen LogP) is 0.972.